The van der Waals surface area contributed by atoms with Crippen LogP contribution in [0.15, 0.2) is 53.6 Å². The Labute approximate surface area is 172 Å². The van der Waals surface area contributed by atoms with Crippen molar-refractivity contribution in [3.05, 3.63) is 81.2 Å². The lowest BCUT2D eigenvalue weighted by Crippen LogP contribution is -2.17. The summed E-state index contributed by atoms with van der Waals surface area (Å²) in [5.74, 6) is -0.300. The molecule has 2 N–H and O–H groups in total. The first-order chi connectivity index (χ1) is 14.3. The number of aromatic nitrogens is 1. The highest BCUT2D eigenvalue weighted by atomic mass is 16.6. The van der Waals surface area contributed by atoms with Gasteiger partial charge < -0.3 is 14.4 Å². The minimum Gasteiger partial charge on any atom is -0.507 e. The third-order valence-corrected chi connectivity index (χ3v) is 4.60. The van der Waals surface area contributed by atoms with E-state index in [2.05, 4.69) is 10.5 Å². The number of nitrogens with zero attached hydrogens (tertiary/aromatic N) is 3. The van der Waals surface area contributed by atoms with E-state index in [4.69, 9.17) is 4.74 Å². The van der Waals surface area contributed by atoms with E-state index in [1.165, 1.54) is 37.6 Å². The number of hydrogen-bond acceptors (Lipinski definition) is 6. The molecule has 3 rings (SSSR count). The van der Waals surface area contributed by atoms with Crippen molar-refractivity contribution in [1.82, 2.24) is 9.99 Å². The zero-order valence-corrected chi connectivity index (χ0v) is 16.6. The van der Waals surface area contributed by atoms with Crippen LogP contribution in [-0.2, 0) is 0 Å². The predicted molar refractivity (Wildman–Crippen MR) is 112 cm³/mol. The molecule has 1 amide bonds. The lowest BCUT2D eigenvalue weighted by molar-refractivity contribution is -0.384. The van der Waals surface area contributed by atoms with Gasteiger partial charge in [0.05, 0.1) is 35.6 Å². The van der Waals surface area contributed by atoms with Gasteiger partial charge in [-0.05, 0) is 38.1 Å². The van der Waals surface area contributed by atoms with E-state index >= 15 is 0 Å². The fourth-order valence-corrected chi connectivity index (χ4v) is 3.14. The summed E-state index contributed by atoms with van der Waals surface area (Å²) in [5, 5.41) is 24.7. The molecule has 9 nitrogen and oxygen atoms in total. The van der Waals surface area contributed by atoms with Crippen LogP contribution in [0.25, 0.3) is 5.69 Å². The summed E-state index contributed by atoms with van der Waals surface area (Å²) in [7, 11) is 1.45. The second-order valence-corrected chi connectivity index (χ2v) is 6.49. The number of amides is 1. The standard InChI is InChI=1S/C21H20N4O5/c1-13-10-15(12-22-23-21(27)17-6-4-5-7-19(17)26)14(2)24(13)18-9-8-16(25(28)29)11-20(18)30-3/h4-12,26H,1-3H3,(H,23,27)/b22-12-. The molecule has 0 aliphatic heterocycles. The topological polar surface area (TPSA) is 119 Å². The van der Waals surface area contributed by atoms with Crippen LogP contribution in [0.1, 0.15) is 27.3 Å². The van der Waals surface area contributed by atoms with E-state index in [0.29, 0.717) is 11.4 Å². The number of nitrogens with one attached hydrogen (secondary N) is 1. The largest absolute Gasteiger partial charge is 0.507 e. The third kappa shape index (κ3) is 4.00. The molecule has 0 fully saturated rings. The normalized spacial score (nSPS) is 10.9. The van der Waals surface area contributed by atoms with Gasteiger partial charge in [0.2, 0.25) is 0 Å². The van der Waals surface area contributed by atoms with Gasteiger partial charge in [-0.2, -0.15) is 5.10 Å². The number of phenols is 1. The van der Waals surface area contributed by atoms with Crippen LogP contribution in [-0.4, -0.2) is 33.8 Å². The highest BCUT2D eigenvalue weighted by Gasteiger charge is 2.17. The van der Waals surface area contributed by atoms with Crippen molar-refractivity contribution < 1.29 is 19.6 Å². The summed E-state index contributed by atoms with van der Waals surface area (Å²) >= 11 is 0. The summed E-state index contributed by atoms with van der Waals surface area (Å²) in [6.45, 7) is 3.74. The first-order valence-electron chi connectivity index (χ1n) is 8.96. The maximum absolute atomic E-state index is 12.1. The number of hydrogen-bond donors (Lipinski definition) is 2. The van der Waals surface area contributed by atoms with Gasteiger partial charge in [0.25, 0.3) is 11.6 Å². The Bertz CT molecular complexity index is 1150. The van der Waals surface area contributed by atoms with E-state index in [9.17, 15) is 20.0 Å². The van der Waals surface area contributed by atoms with Crippen LogP contribution in [0.4, 0.5) is 5.69 Å². The molecule has 0 radical (unpaired) electrons. The van der Waals surface area contributed by atoms with Crippen LogP contribution in [0.3, 0.4) is 0 Å². The molecule has 30 heavy (non-hydrogen) atoms. The van der Waals surface area contributed by atoms with Gasteiger partial charge in [0.1, 0.15) is 11.5 Å². The summed E-state index contributed by atoms with van der Waals surface area (Å²) in [6.07, 6.45) is 1.49. The van der Waals surface area contributed by atoms with Crippen LogP contribution in [0.2, 0.25) is 0 Å². The number of carbonyl (C=O) groups excluding carboxylic acids is 1. The molecule has 0 atom stereocenters. The molecule has 0 aliphatic rings. The maximum atomic E-state index is 12.1. The lowest BCUT2D eigenvalue weighted by Gasteiger charge is -2.13. The Balaban J connectivity index is 1.88. The number of non-ortho nitro benzene ring substituents is 1. The first kappa shape index (κ1) is 20.6. The molecule has 2 aromatic carbocycles. The van der Waals surface area contributed by atoms with E-state index < -0.39 is 10.8 Å². The van der Waals surface area contributed by atoms with Crippen molar-refractivity contribution in [2.45, 2.75) is 13.8 Å². The van der Waals surface area contributed by atoms with Crippen molar-refractivity contribution in [2.24, 2.45) is 5.10 Å². The predicted octanol–water partition coefficient (Wildman–Crippen LogP) is 3.48. The number of aryl methyl sites for hydroxylation is 1. The van der Waals surface area contributed by atoms with Crippen molar-refractivity contribution in [3.63, 3.8) is 0 Å². The molecule has 0 unspecified atom stereocenters. The van der Waals surface area contributed by atoms with E-state index in [-0.39, 0.29) is 17.0 Å². The molecule has 0 spiro atoms. The molecule has 0 aliphatic carbocycles. The lowest BCUT2D eigenvalue weighted by atomic mass is 10.2. The number of carbonyl (C=O) groups is 1. The number of methoxy groups -OCH3 is 1. The van der Waals surface area contributed by atoms with Crippen molar-refractivity contribution in [3.8, 4) is 17.2 Å². The van der Waals surface area contributed by atoms with Crippen molar-refractivity contribution in [2.75, 3.05) is 7.11 Å². The second kappa shape index (κ2) is 8.48. The Kier molecular flexibility index (Phi) is 5.82. The van der Waals surface area contributed by atoms with Gasteiger partial charge in [0, 0.05) is 23.0 Å². The molecule has 3 aromatic rings. The maximum Gasteiger partial charge on any atom is 0.275 e. The van der Waals surface area contributed by atoms with Crippen LogP contribution in [0, 0.1) is 24.0 Å². The molecule has 154 valence electrons. The number of rotatable bonds is 6. The summed E-state index contributed by atoms with van der Waals surface area (Å²) < 4.78 is 7.23. The first-order valence-corrected chi connectivity index (χ1v) is 8.96. The van der Waals surface area contributed by atoms with Crippen molar-refractivity contribution in [1.29, 1.82) is 0 Å². The molecule has 1 aromatic heterocycles. The molecule has 0 saturated carbocycles. The second-order valence-electron chi connectivity index (χ2n) is 6.49. The number of phenolic OH excluding ortho intramolecular Hbond substituents is 1. The SMILES string of the molecule is COc1cc([N+](=O)[O-])ccc1-n1c(C)cc(/C=N\NC(=O)c2ccccc2O)c1C. The fraction of sp³-hybridized carbons (Fsp3) is 0.143. The summed E-state index contributed by atoms with van der Waals surface area (Å²) in [6, 6.07) is 12.5. The number of ether oxygens (including phenoxy) is 1. The summed E-state index contributed by atoms with van der Waals surface area (Å²) in [4.78, 5) is 22.7. The van der Waals surface area contributed by atoms with E-state index in [1.807, 2.05) is 24.5 Å². The Hall–Kier alpha value is -4.14. The molecular formula is C21H20N4O5. The number of nitro groups is 1. The molecule has 0 saturated heterocycles. The average molecular weight is 408 g/mol. The number of benzene rings is 2. The Morgan fingerprint density at radius 3 is 2.63 bits per heavy atom. The van der Waals surface area contributed by atoms with E-state index in [1.54, 1.807) is 18.2 Å². The van der Waals surface area contributed by atoms with Crippen LogP contribution >= 0.6 is 0 Å². The van der Waals surface area contributed by atoms with Crippen molar-refractivity contribution >= 4 is 17.8 Å². The van der Waals surface area contributed by atoms with Crippen LogP contribution in [0.5, 0.6) is 11.5 Å². The van der Waals surface area contributed by atoms with E-state index in [0.717, 1.165) is 17.0 Å². The van der Waals surface area contributed by atoms with Crippen LogP contribution < -0.4 is 10.2 Å². The van der Waals surface area contributed by atoms with Gasteiger partial charge in [-0.3, -0.25) is 14.9 Å². The Morgan fingerprint density at radius 1 is 1.23 bits per heavy atom. The number of para-hydroxylation sites is 1. The number of aromatic hydroxyl groups is 1. The minimum atomic E-state index is -0.532. The highest BCUT2D eigenvalue weighted by Crippen LogP contribution is 2.31. The quantitative estimate of drug-likeness (QED) is 0.368. The minimum absolute atomic E-state index is 0.0632. The smallest absolute Gasteiger partial charge is 0.275 e. The zero-order chi connectivity index (χ0) is 21.8. The Morgan fingerprint density at radius 2 is 1.97 bits per heavy atom. The molecular weight excluding hydrogens is 388 g/mol. The fourth-order valence-electron chi connectivity index (χ4n) is 3.14. The van der Waals surface area contributed by atoms with Gasteiger partial charge in [-0.25, -0.2) is 5.43 Å². The zero-order valence-electron chi connectivity index (χ0n) is 16.6. The van der Waals surface area contributed by atoms with Gasteiger partial charge >= 0.3 is 0 Å². The van der Waals surface area contributed by atoms with Gasteiger partial charge in [-0.15, -0.1) is 0 Å². The average Bonchev–Trinajstić information content (AvgIpc) is 3.00. The summed E-state index contributed by atoms with van der Waals surface area (Å²) in [5.41, 5.74) is 5.50. The van der Waals surface area contributed by atoms with Gasteiger partial charge in [0.15, 0.2) is 0 Å². The molecule has 1 heterocycles. The monoisotopic (exact) mass is 408 g/mol. The van der Waals surface area contributed by atoms with Gasteiger partial charge in [-0.1, -0.05) is 12.1 Å². The number of hydrazone groups is 1. The third-order valence-electron chi connectivity index (χ3n) is 4.60. The molecule has 0 bridgehead atoms. The highest BCUT2D eigenvalue weighted by molar-refractivity contribution is 5.97. The molecule has 9 heteroatoms. The number of nitro benzene ring substituents is 1.